The highest BCUT2D eigenvalue weighted by Gasteiger charge is 2.25. The van der Waals surface area contributed by atoms with Crippen molar-refractivity contribution in [2.75, 3.05) is 6.61 Å². The summed E-state index contributed by atoms with van der Waals surface area (Å²) in [6.45, 7) is 7.80. The van der Waals surface area contributed by atoms with E-state index in [1.807, 2.05) is 0 Å². The van der Waals surface area contributed by atoms with Gasteiger partial charge in [-0.15, -0.1) is 0 Å². The van der Waals surface area contributed by atoms with Gasteiger partial charge in [0.1, 0.15) is 0 Å². The number of rotatable bonds is 3. The summed E-state index contributed by atoms with van der Waals surface area (Å²) >= 11 is 0. The molecule has 0 spiro atoms. The molecule has 0 saturated carbocycles. The van der Waals surface area contributed by atoms with Crippen LogP contribution in [0.1, 0.15) is 40.0 Å². The SMILES string of the molecule is CCCC(C)C1COC(C)C1. The Bertz CT molecular complexity index is 111. The molecule has 0 bridgehead atoms. The van der Waals surface area contributed by atoms with Crippen LogP contribution in [0.3, 0.4) is 0 Å². The van der Waals surface area contributed by atoms with Gasteiger partial charge in [0.15, 0.2) is 0 Å². The van der Waals surface area contributed by atoms with E-state index in [0.717, 1.165) is 18.4 Å². The molecule has 3 unspecified atom stereocenters. The summed E-state index contributed by atoms with van der Waals surface area (Å²) in [6.07, 6.45) is 4.47. The van der Waals surface area contributed by atoms with Gasteiger partial charge in [-0.1, -0.05) is 26.7 Å². The number of hydrogen-bond acceptors (Lipinski definition) is 1. The third-order valence-electron chi connectivity index (χ3n) is 2.78. The number of ether oxygens (including phenoxy) is 1. The molecule has 1 heteroatoms. The summed E-state index contributed by atoms with van der Waals surface area (Å²) in [5.41, 5.74) is 0. The lowest BCUT2D eigenvalue weighted by Gasteiger charge is -2.15. The largest absolute Gasteiger partial charge is 0.378 e. The lowest BCUT2D eigenvalue weighted by molar-refractivity contribution is 0.115. The molecule has 1 aliphatic heterocycles. The van der Waals surface area contributed by atoms with Crippen molar-refractivity contribution in [3.05, 3.63) is 0 Å². The zero-order valence-corrected chi connectivity index (χ0v) is 7.97. The molecular weight excluding hydrogens is 136 g/mol. The van der Waals surface area contributed by atoms with E-state index in [-0.39, 0.29) is 0 Å². The highest BCUT2D eigenvalue weighted by Crippen LogP contribution is 2.28. The van der Waals surface area contributed by atoms with Gasteiger partial charge >= 0.3 is 0 Å². The first-order valence-electron chi connectivity index (χ1n) is 4.85. The van der Waals surface area contributed by atoms with Crippen LogP contribution in [0.2, 0.25) is 0 Å². The highest BCUT2D eigenvalue weighted by atomic mass is 16.5. The third-order valence-corrected chi connectivity index (χ3v) is 2.78. The molecule has 0 amide bonds. The zero-order valence-electron chi connectivity index (χ0n) is 7.97. The van der Waals surface area contributed by atoms with Gasteiger partial charge in [0.05, 0.1) is 12.7 Å². The normalized spacial score (nSPS) is 34.1. The minimum atomic E-state index is 0.513. The highest BCUT2D eigenvalue weighted by molar-refractivity contribution is 4.74. The Hall–Kier alpha value is -0.0400. The van der Waals surface area contributed by atoms with E-state index in [1.54, 1.807) is 0 Å². The van der Waals surface area contributed by atoms with Gasteiger partial charge in [0.2, 0.25) is 0 Å². The van der Waals surface area contributed by atoms with Crippen molar-refractivity contribution in [1.82, 2.24) is 0 Å². The second-order valence-electron chi connectivity index (χ2n) is 3.91. The topological polar surface area (TPSA) is 9.23 Å². The summed E-state index contributed by atoms with van der Waals surface area (Å²) in [7, 11) is 0. The summed E-state index contributed by atoms with van der Waals surface area (Å²) in [4.78, 5) is 0. The monoisotopic (exact) mass is 156 g/mol. The first-order chi connectivity index (χ1) is 5.24. The van der Waals surface area contributed by atoms with Gasteiger partial charge in [-0.2, -0.15) is 0 Å². The Morgan fingerprint density at radius 3 is 2.73 bits per heavy atom. The standard InChI is InChI=1S/C10H20O/c1-4-5-8(2)10-6-9(3)11-7-10/h8-10H,4-7H2,1-3H3. The Morgan fingerprint density at radius 2 is 2.27 bits per heavy atom. The molecule has 1 heterocycles. The molecule has 0 aromatic rings. The molecule has 1 saturated heterocycles. The molecule has 0 aromatic carbocycles. The molecule has 1 rings (SSSR count). The van der Waals surface area contributed by atoms with E-state index in [0.29, 0.717) is 6.10 Å². The van der Waals surface area contributed by atoms with Gasteiger partial charge in [0.25, 0.3) is 0 Å². The number of hydrogen-bond donors (Lipinski definition) is 0. The smallest absolute Gasteiger partial charge is 0.0550 e. The van der Waals surface area contributed by atoms with Gasteiger partial charge in [0, 0.05) is 0 Å². The fourth-order valence-corrected chi connectivity index (χ4v) is 1.94. The molecule has 0 aromatic heterocycles. The van der Waals surface area contributed by atoms with Gasteiger partial charge in [-0.25, -0.2) is 0 Å². The van der Waals surface area contributed by atoms with Gasteiger partial charge in [-0.05, 0) is 25.2 Å². The minimum Gasteiger partial charge on any atom is -0.378 e. The van der Waals surface area contributed by atoms with Crippen LogP contribution in [0.25, 0.3) is 0 Å². The average molecular weight is 156 g/mol. The van der Waals surface area contributed by atoms with Crippen LogP contribution < -0.4 is 0 Å². The van der Waals surface area contributed by atoms with Crippen molar-refractivity contribution < 1.29 is 4.74 Å². The molecule has 0 aliphatic carbocycles. The summed E-state index contributed by atoms with van der Waals surface area (Å²) in [5.74, 6) is 1.70. The van der Waals surface area contributed by atoms with Crippen molar-refractivity contribution >= 4 is 0 Å². The van der Waals surface area contributed by atoms with Crippen molar-refractivity contribution in [1.29, 1.82) is 0 Å². The van der Waals surface area contributed by atoms with Crippen molar-refractivity contribution in [3.8, 4) is 0 Å². The Balaban J connectivity index is 2.25. The maximum absolute atomic E-state index is 5.53. The van der Waals surface area contributed by atoms with E-state index >= 15 is 0 Å². The van der Waals surface area contributed by atoms with E-state index < -0.39 is 0 Å². The predicted molar refractivity (Wildman–Crippen MR) is 47.6 cm³/mol. The van der Waals surface area contributed by atoms with Crippen LogP contribution in [0.4, 0.5) is 0 Å². The zero-order chi connectivity index (χ0) is 8.27. The minimum absolute atomic E-state index is 0.513. The van der Waals surface area contributed by atoms with Crippen LogP contribution in [0.15, 0.2) is 0 Å². The first kappa shape index (κ1) is 9.05. The second-order valence-corrected chi connectivity index (χ2v) is 3.91. The molecule has 0 radical (unpaired) electrons. The van der Waals surface area contributed by atoms with Crippen LogP contribution >= 0.6 is 0 Å². The lowest BCUT2D eigenvalue weighted by Crippen LogP contribution is -2.11. The van der Waals surface area contributed by atoms with Gasteiger partial charge < -0.3 is 4.74 Å². The van der Waals surface area contributed by atoms with Crippen molar-refractivity contribution in [3.63, 3.8) is 0 Å². The van der Waals surface area contributed by atoms with E-state index in [4.69, 9.17) is 4.74 Å². The van der Waals surface area contributed by atoms with Gasteiger partial charge in [-0.3, -0.25) is 0 Å². The third kappa shape index (κ3) is 2.48. The van der Waals surface area contributed by atoms with Crippen LogP contribution in [0.5, 0.6) is 0 Å². The predicted octanol–water partition coefficient (Wildman–Crippen LogP) is 2.85. The Labute approximate surface area is 70.1 Å². The molecule has 3 atom stereocenters. The van der Waals surface area contributed by atoms with E-state index in [2.05, 4.69) is 20.8 Å². The molecule has 0 N–H and O–H groups in total. The van der Waals surface area contributed by atoms with E-state index in [1.165, 1.54) is 19.3 Å². The fourth-order valence-electron chi connectivity index (χ4n) is 1.94. The van der Waals surface area contributed by atoms with Crippen LogP contribution in [0, 0.1) is 11.8 Å². The molecule has 1 fully saturated rings. The van der Waals surface area contributed by atoms with Crippen LogP contribution in [-0.4, -0.2) is 12.7 Å². The maximum atomic E-state index is 5.53. The Morgan fingerprint density at radius 1 is 1.55 bits per heavy atom. The van der Waals surface area contributed by atoms with Crippen molar-refractivity contribution in [2.45, 2.75) is 46.1 Å². The fraction of sp³-hybridized carbons (Fsp3) is 1.00. The molecular formula is C10H20O. The van der Waals surface area contributed by atoms with E-state index in [9.17, 15) is 0 Å². The summed E-state index contributed by atoms with van der Waals surface area (Å²) in [6, 6.07) is 0. The molecule has 11 heavy (non-hydrogen) atoms. The van der Waals surface area contributed by atoms with Crippen LogP contribution in [-0.2, 0) is 4.74 Å². The average Bonchev–Trinajstić information content (AvgIpc) is 2.36. The maximum Gasteiger partial charge on any atom is 0.0550 e. The van der Waals surface area contributed by atoms with Crippen molar-refractivity contribution in [2.24, 2.45) is 11.8 Å². The second kappa shape index (κ2) is 4.10. The lowest BCUT2D eigenvalue weighted by atomic mass is 9.89. The molecule has 1 nitrogen and oxygen atoms in total. The molecule has 66 valence electrons. The summed E-state index contributed by atoms with van der Waals surface area (Å²) < 4.78 is 5.53. The quantitative estimate of drug-likeness (QED) is 0.610. The first-order valence-corrected chi connectivity index (χ1v) is 4.85. The Kier molecular flexibility index (Phi) is 3.38. The summed E-state index contributed by atoms with van der Waals surface area (Å²) in [5, 5.41) is 0. The molecule has 1 aliphatic rings.